The van der Waals surface area contributed by atoms with Gasteiger partial charge >= 0.3 is 12.3 Å². The molecule has 12 heteroatoms. The molecule has 2 atom stereocenters. The number of aromatic nitrogens is 1. The number of alkyl halides is 3. The van der Waals surface area contributed by atoms with Gasteiger partial charge in [0, 0.05) is 18.3 Å². The second kappa shape index (κ2) is 13.2. The topological polar surface area (TPSA) is 119 Å². The second-order valence-electron chi connectivity index (χ2n) is 12.2. The van der Waals surface area contributed by atoms with Crippen LogP contribution in [-0.4, -0.2) is 40.4 Å². The highest BCUT2D eigenvalue weighted by molar-refractivity contribution is 5.94. The number of carbonyl (C=O) groups is 4. The monoisotopic (exact) mass is 626 g/mol. The van der Waals surface area contributed by atoms with Crippen molar-refractivity contribution in [1.29, 1.82) is 0 Å². The number of ether oxygens (including phenoxy) is 1. The predicted octanol–water partition coefficient (Wildman–Crippen LogP) is 6.15. The van der Waals surface area contributed by atoms with Crippen molar-refractivity contribution in [2.45, 2.75) is 82.8 Å². The van der Waals surface area contributed by atoms with Gasteiger partial charge in [-0.3, -0.25) is 14.4 Å². The number of carbonyl (C=O) groups excluding carboxylic acids is 4. The third kappa shape index (κ3) is 8.31. The van der Waals surface area contributed by atoms with Crippen LogP contribution >= 0.6 is 0 Å². The quantitative estimate of drug-likeness (QED) is 0.233. The van der Waals surface area contributed by atoms with Crippen LogP contribution < -0.4 is 16.0 Å². The lowest BCUT2D eigenvalue weighted by Crippen LogP contribution is -2.57. The average molecular weight is 627 g/mol. The van der Waals surface area contributed by atoms with Crippen molar-refractivity contribution in [1.82, 2.24) is 15.2 Å². The van der Waals surface area contributed by atoms with Crippen LogP contribution in [0.4, 0.5) is 23.7 Å². The number of hydrogen-bond acceptors (Lipinski definition) is 5. The highest BCUT2D eigenvalue weighted by Gasteiger charge is 2.42. The van der Waals surface area contributed by atoms with Crippen LogP contribution in [0.1, 0.15) is 80.2 Å². The highest BCUT2D eigenvalue weighted by atomic mass is 19.4. The Morgan fingerprint density at radius 1 is 1.00 bits per heavy atom. The first kappa shape index (κ1) is 33.3. The fraction of sp³-hybridized carbons (Fsp3) is 0.394. The standard InChI is InChI=1S/C33H37F3N4O5/c1-21(40-17-6-10-26(40)20-41)28(42)37-25-13-11-23(12-14-25)32(15-7-16-32)39-29(43)27(38-30(44)45-31(2,3)4)19-22-8-5-9-24(18-22)33(34,35)36/h5-6,8-14,17-18,20-21,27H,7,15-16,19H2,1-4H3,(H,37,42)(H,38,44)(H,39,43)/t21?,27-/m0/s1. The highest BCUT2D eigenvalue weighted by Crippen LogP contribution is 2.42. The van der Waals surface area contributed by atoms with E-state index in [-0.39, 0.29) is 17.9 Å². The number of alkyl carbamates (subject to hydrolysis) is 1. The summed E-state index contributed by atoms with van der Waals surface area (Å²) in [5.41, 5.74) is -0.586. The molecule has 1 aliphatic carbocycles. The normalized spacial score (nSPS) is 15.6. The van der Waals surface area contributed by atoms with Crippen LogP contribution in [0, 0.1) is 0 Å². The number of halogens is 3. The summed E-state index contributed by atoms with van der Waals surface area (Å²) < 4.78 is 46.9. The van der Waals surface area contributed by atoms with E-state index in [1.165, 1.54) is 12.1 Å². The summed E-state index contributed by atoms with van der Waals surface area (Å²) >= 11 is 0. The number of aldehydes is 1. The molecule has 9 nitrogen and oxygen atoms in total. The van der Waals surface area contributed by atoms with Crippen molar-refractivity contribution >= 4 is 29.9 Å². The smallest absolute Gasteiger partial charge is 0.416 e. The van der Waals surface area contributed by atoms with E-state index in [0.717, 1.165) is 24.1 Å². The van der Waals surface area contributed by atoms with Crippen molar-refractivity contribution in [3.05, 3.63) is 89.2 Å². The van der Waals surface area contributed by atoms with Gasteiger partial charge in [0.25, 0.3) is 0 Å². The minimum absolute atomic E-state index is 0.193. The number of hydrogen-bond donors (Lipinski definition) is 3. The maximum absolute atomic E-state index is 13.7. The van der Waals surface area contributed by atoms with Crippen LogP contribution in [0.15, 0.2) is 66.9 Å². The van der Waals surface area contributed by atoms with Crippen molar-refractivity contribution in [3.63, 3.8) is 0 Å². The Kier molecular flexibility index (Phi) is 9.74. The molecule has 0 bridgehead atoms. The van der Waals surface area contributed by atoms with Gasteiger partial charge in [0.15, 0.2) is 6.29 Å². The molecule has 3 amide bonds. The third-order valence-electron chi connectivity index (χ3n) is 7.71. The summed E-state index contributed by atoms with van der Waals surface area (Å²) in [6.07, 6.45) is -1.26. The summed E-state index contributed by atoms with van der Waals surface area (Å²) in [5, 5.41) is 8.40. The number of nitrogens with one attached hydrogen (secondary N) is 3. The zero-order chi connectivity index (χ0) is 33.0. The molecule has 1 saturated carbocycles. The molecular weight excluding hydrogens is 589 g/mol. The molecule has 0 aliphatic heterocycles. The Labute approximate surface area is 259 Å². The summed E-state index contributed by atoms with van der Waals surface area (Å²) in [7, 11) is 0. The molecule has 0 saturated heterocycles. The molecule has 1 unspecified atom stereocenters. The van der Waals surface area contributed by atoms with Crippen molar-refractivity contribution in [2.24, 2.45) is 0 Å². The van der Waals surface area contributed by atoms with Gasteiger partial charge in [-0.25, -0.2) is 4.79 Å². The largest absolute Gasteiger partial charge is 0.444 e. The fourth-order valence-corrected chi connectivity index (χ4v) is 5.21. The van der Waals surface area contributed by atoms with Gasteiger partial charge in [-0.2, -0.15) is 13.2 Å². The summed E-state index contributed by atoms with van der Waals surface area (Å²) in [4.78, 5) is 50.4. The van der Waals surface area contributed by atoms with Crippen LogP contribution in [-0.2, 0) is 32.5 Å². The minimum atomic E-state index is -4.56. The molecule has 1 aromatic heterocycles. The molecule has 2 aromatic carbocycles. The Balaban J connectivity index is 1.50. The van der Waals surface area contributed by atoms with E-state index < -0.39 is 47.0 Å². The van der Waals surface area contributed by atoms with E-state index in [9.17, 15) is 32.3 Å². The van der Waals surface area contributed by atoms with E-state index in [0.29, 0.717) is 30.5 Å². The lowest BCUT2D eigenvalue weighted by molar-refractivity contribution is -0.137. The van der Waals surface area contributed by atoms with Gasteiger partial charge in [0.2, 0.25) is 11.8 Å². The number of amides is 3. The minimum Gasteiger partial charge on any atom is -0.444 e. The Bertz CT molecular complexity index is 1540. The zero-order valence-corrected chi connectivity index (χ0v) is 25.5. The molecule has 240 valence electrons. The fourth-order valence-electron chi connectivity index (χ4n) is 5.21. The first-order valence-corrected chi connectivity index (χ1v) is 14.6. The molecule has 0 spiro atoms. The van der Waals surface area contributed by atoms with Crippen LogP contribution in [0.2, 0.25) is 0 Å². The Hall–Kier alpha value is -4.61. The molecule has 45 heavy (non-hydrogen) atoms. The Morgan fingerprint density at radius 2 is 1.69 bits per heavy atom. The first-order chi connectivity index (χ1) is 21.1. The molecule has 1 heterocycles. The van der Waals surface area contributed by atoms with E-state index in [2.05, 4.69) is 16.0 Å². The van der Waals surface area contributed by atoms with Gasteiger partial charge in [-0.15, -0.1) is 0 Å². The maximum Gasteiger partial charge on any atom is 0.416 e. The van der Waals surface area contributed by atoms with Crippen LogP contribution in [0.3, 0.4) is 0 Å². The first-order valence-electron chi connectivity index (χ1n) is 14.6. The van der Waals surface area contributed by atoms with Crippen LogP contribution in [0.25, 0.3) is 0 Å². The average Bonchev–Trinajstić information content (AvgIpc) is 3.42. The SMILES string of the molecule is CC(C(=O)Nc1ccc(C2(NC(=O)[C@H](Cc3cccc(C(F)(F)F)c3)NC(=O)OC(C)(C)C)CCC2)cc1)n1cccc1C=O. The Morgan fingerprint density at radius 3 is 2.27 bits per heavy atom. The molecule has 0 radical (unpaired) electrons. The molecular formula is C33H37F3N4O5. The van der Waals surface area contributed by atoms with Gasteiger partial charge in [0.1, 0.15) is 17.7 Å². The van der Waals surface area contributed by atoms with Crippen LogP contribution in [0.5, 0.6) is 0 Å². The molecule has 1 aliphatic rings. The lowest BCUT2D eigenvalue weighted by Gasteiger charge is -2.44. The van der Waals surface area contributed by atoms with Gasteiger partial charge in [0.05, 0.1) is 16.8 Å². The number of rotatable bonds is 10. The lowest BCUT2D eigenvalue weighted by atomic mass is 9.71. The number of nitrogens with zero attached hydrogens (tertiary/aromatic N) is 1. The van der Waals surface area contributed by atoms with E-state index in [1.54, 1.807) is 74.9 Å². The molecule has 4 rings (SSSR count). The number of benzene rings is 2. The van der Waals surface area contributed by atoms with Crippen molar-refractivity contribution in [2.75, 3.05) is 5.32 Å². The van der Waals surface area contributed by atoms with E-state index in [4.69, 9.17) is 4.74 Å². The summed E-state index contributed by atoms with van der Waals surface area (Å²) in [6.45, 7) is 6.66. The summed E-state index contributed by atoms with van der Waals surface area (Å²) in [5.74, 6) is -0.888. The third-order valence-corrected chi connectivity index (χ3v) is 7.71. The van der Waals surface area contributed by atoms with Gasteiger partial charge < -0.3 is 25.3 Å². The molecule has 1 fully saturated rings. The number of anilines is 1. The van der Waals surface area contributed by atoms with Crippen molar-refractivity contribution in [3.8, 4) is 0 Å². The summed E-state index contributed by atoms with van der Waals surface area (Å²) in [6, 6.07) is 13.1. The van der Waals surface area contributed by atoms with E-state index >= 15 is 0 Å². The van der Waals surface area contributed by atoms with E-state index in [1.807, 2.05) is 0 Å². The zero-order valence-electron chi connectivity index (χ0n) is 25.5. The molecule has 3 aromatic rings. The maximum atomic E-state index is 13.7. The predicted molar refractivity (Wildman–Crippen MR) is 162 cm³/mol. The second-order valence-corrected chi connectivity index (χ2v) is 12.2. The molecule has 3 N–H and O–H groups in total. The van der Waals surface area contributed by atoms with Gasteiger partial charge in [-0.05, 0) is 88.4 Å². The van der Waals surface area contributed by atoms with Crippen molar-refractivity contribution < 1.29 is 37.1 Å². The van der Waals surface area contributed by atoms with Gasteiger partial charge in [-0.1, -0.05) is 30.3 Å².